The zero-order valence-electron chi connectivity index (χ0n) is 16.7. The van der Waals surface area contributed by atoms with Crippen LogP contribution in [0.4, 0.5) is 5.69 Å². The third kappa shape index (κ3) is 4.33. The maximum Gasteiger partial charge on any atom is 0.173 e. The molecule has 0 amide bonds. The lowest BCUT2D eigenvalue weighted by atomic mass is 10.1. The molecule has 0 radical (unpaired) electrons. The lowest BCUT2D eigenvalue weighted by Gasteiger charge is -2.31. The van der Waals surface area contributed by atoms with Crippen LogP contribution in [0.15, 0.2) is 54.7 Å². The van der Waals surface area contributed by atoms with Crippen LogP contribution >= 0.6 is 12.2 Å². The van der Waals surface area contributed by atoms with Gasteiger partial charge in [0.05, 0.1) is 0 Å². The Balaban J connectivity index is 1.89. The number of para-hydroxylation sites is 1. The highest BCUT2D eigenvalue weighted by Crippen LogP contribution is 2.24. The van der Waals surface area contributed by atoms with Crippen LogP contribution in [0.2, 0.25) is 0 Å². The van der Waals surface area contributed by atoms with E-state index in [-0.39, 0.29) is 0 Å². The van der Waals surface area contributed by atoms with Crippen LogP contribution in [0.3, 0.4) is 0 Å². The van der Waals surface area contributed by atoms with Gasteiger partial charge in [-0.05, 0) is 68.7 Å². The predicted octanol–water partition coefficient (Wildman–Crippen LogP) is 5.97. The molecule has 3 rings (SSSR count). The molecule has 0 fully saturated rings. The molecule has 3 aromatic rings. The Labute approximate surface area is 168 Å². The van der Waals surface area contributed by atoms with E-state index in [9.17, 15) is 0 Å². The van der Waals surface area contributed by atoms with E-state index in [1.165, 1.54) is 22.0 Å². The smallest absolute Gasteiger partial charge is 0.173 e. The first kappa shape index (κ1) is 19.4. The summed E-state index contributed by atoms with van der Waals surface area (Å²) in [6.07, 6.45) is 3.32. The molecule has 0 spiro atoms. The van der Waals surface area contributed by atoms with E-state index in [0.29, 0.717) is 6.04 Å². The van der Waals surface area contributed by atoms with E-state index < -0.39 is 0 Å². The van der Waals surface area contributed by atoms with Crippen LogP contribution in [0.5, 0.6) is 0 Å². The summed E-state index contributed by atoms with van der Waals surface area (Å²) >= 11 is 5.81. The van der Waals surface area contributed by atoms with Gasteiger partial charge in [0.2, 0.25) is 0 Å². The first-order chi connectivity index (χ1) is 13.0. The highest BCUT2D eigenvalue weighted by molar-refractivity contribution is 7.80. The zero-order chi connectivity index (χ0) is 19.4. The lowest BCUT2D eigenvalue weighted by Crippen LogP contribution is -2.40. The van der Waals surface area contributed by atoms with Crippen LogP contribution in [-0.2, 0) is 13.1 Å². The molecule has 1 N–H and O–H groups in total. The Kier molecular flexibility index (Phi) is 6.17. The molecule has 0 saturated carbocycles. The largest absolute Gasteiger partial charge is 0.347 e. The Bertz CT molecular complexity index is 928. The fraction of sp³-hybridized carbons (Fsp3) is 0.348. The van der Waals surface area contributed by atoms with E-state index >= 15 is 0 Å². The average Bonchev–Trinajstić information content (AvgIpc) is 3.03. The summed E-state index contributed by atoms with van der Waals surface area (Å²) < 4.78 is 2.32. The van der Waals surface area contributed by atoms with E-state index in [1.807, 2.05) is 0 Å². The van der Waals surface area contributed by atoms with Crippen LogP contribution in [0, 0.1) is 6.92 Å². The topological polar surface area (TPSA) is 20.2 Å². The standard InChI is InChI=1S/C23H29N3S/c1-5-18(4)26(23(27)24-20-11-9-10-17(3)14-20)16-19-15-25(6-2)22-13-8-7-12-21(19)22/h7-15,18H,5-6,16H2,1-4H3,(H,24,27)/t18-/m1/s1. The second kappa shape index (κ2) is 8.57. The van der Waals surface area contributed by atoms with Crippen molar-refractivity contribution in [1.82, 2.24) is 9.47 Å². The van der Waals surface area contributed by atoms with Crippen molar-refractivity contribution < 1.29 is 0 Å². The number of nitrogens with zero attached hydrogens (tertiary/aromatic N) is 2. The molecule has 3 nitrogen and oxygen atoms in total. The minimum atomic E-state index is 0.360. The molecule has 0 aliphatic carbocycles. The molecule has 142 valence electrons. The molecule has 1 aromatic heterocycles. The number of rotatable bonds is 6. The molecular formula is C23H29N3S. The monoisotopic (exact) mass is 379 g/mol. The maximum absolute atomic E-state index is 5.81. The van der Waals surface area contributed by atoms with Crippen molar-refractivity contribution in [1.29, 1.82) is 0 Å². The Morgan fingerprint density at radius 3 is 2.63 bits per heavy atom. The van der Waals surface area contributed by atoms with E-state index in [2.05, 4.69) is 97.2 Å². The van der Waals surface area contributed by atoms with Crippen molar-refractivity contribution in [2.75, 3.05) is 5.32 Å². The molecule has 4 heteroatoms. The van der Waals surface area contributed by atoms with E-state index in [4.69, 9.17) is 12.2 Å². The Morgan fingerprint density at radius 1 is 1.15 bits per heavy atom. The fourth-order valence-electron chi connectivity index (χ4n) is 3.46. The zero-order valence-corrected chi connectivity index (χ0v) is 17.5. The van der Waals surface area contributed by atoms with Gasteiger partial charge in [0.25, 0.3) is 0 Å². The average molecular weight is 380 g/mol. The summed E-state index contributed by atoms with van der Waals surface area (Å²) in [6, 6.07) is 17.3. The number of hydrogen-bond acceptors (Lipinski definition) is 1. The quantitative estimate of drug-likeness (QED) is 0.533. The number of fused-ring (bicyclic) bond motifs is 1. The second-order valence-electron chi connectivity index (χ2n) is 7.14. The number of benzene rings is 2. The van der Waals surface area contributed by atoms with Crippen molar-refractivity contribution in [3.8, 4) is 0 Å². The van der Waals surface area contributed by atoms with Crippen molar-refractivity contribution >= 4 is 33.9 Å². The number of hydrogen-bond donors (Lipinski definition) is 1. The number of aromatic nitrogens is 1. The molecule has 0 aliphatic rings. The molecule has 2 aromatic carbocycles. The van der Waals surface area contributed by atoms with Gasteiger partial charge in [0, 0.05) is 41.9 Å². The molecule has 0 aliphatic heterocycles. The third-order valence-electron chi connectivity index (χ3n) is 5.21. The first-order valence-corrected chi connectivity index (χ1v) is 10.1. The molecule has 0 unspecified atom stereocenters. The number of thiocarbonyl (C=S) groups is 1. The summed E-state index contributed by atoms with van der Waals surface area (Å²) in [6.45, 7) is 10.5. The highest BCUT2D eigenvalue weighted by Gasteiger charge is 2.19. The van der Waals surface area contributed by atoms with Crippen molar-refractivity contribution in [3.05, 3.63) is 65.9 Å². The summed E-state index contributed by atoms with van der Waals surface area (Å²) in [7, 11) is 0. The minimum Gasteiger partial charge on any atom is -0.347 e. The van der Waals surface area contributed by atoms with E-state index in [0.717, 1.165) is 30.3 Å². The SMILES string of the molecule is CC[C@@H](C)N(Cc1cn(CC)c2ccccc12)C(=S)Nc1cccc(C)c1. The molecule has 0 bridgehead atoms. The van der Waals surface area contributed by atoms with Crippen molar-refractivity contribution in [3.63, 3.8) is 0 Å². The predicted molar refractivity (Wildman–Crippen MR) is 120 cm³/mol. The van der Waals surface area contributed by atoms with Gasteiger partial charge in [0.1, 0.15) is 0 Å². The normalized spacial score (nSPS) is 12.1. The van der Waals surface area contributed by atoms with Gasteiger partial charge < -0.3 is 14.8 Å². The maximum atomic E-state index is 5.81. The number of aryl methyl sites for hydroxylation is 2. The van der Waals surface area contributed by atoms with Crippen LogP contribution < -0.4 is 5.32 Å². The molecule has 0 saturated heterocycles. The Hall–Kier alpha value is -2.33. The first-order valence-electron chi connectivity index (χ1n) is 9.74. The summed E-state index contributed by atoms with van der Waals surface area (Å²) in [4.78, 5) is 2.30. The molecule has 1 heterocycles. The summed E-state index contributed by atoms with van der Waals surface area (Å²) in [5.74, 6) is 0. The van der Waals surface area contributed by atoms with Crippen molar-refractivity contribution in [2.24, 2.45) is 0 Å². The highest BCUT2D eigenvalue weighted by atomic mass is 32.1. The van der Waals surface area contributed by atoms with Crippen LogP contribution in [0.25, 0.3) is 10.9 Å². The molecular weight excluding hydrogens is 350 g/mol. The summed E-state index contributed by atoms with van der Waals surface area (Å²) in [5.41, 5.74) is 4.88. The van der Waals surface area contributed by atoms with Crippen molar-refractivity contribution in [2.45, 2.75) is 53.2 Å². The van der Waals surface area contributed by atoms with Gasteiger partial charge in [-0.1, -0.05) is 37.3 Å². The van der Waals surface area contributed by atoms with Gasteiger partial charge in [-0.25, -0.2) is 0 Å². The van der Waals surface area contributed by atoms with Gasteiger partial charge in [-0.2, -0.15) is 0 Å². The van der Waals surface area contributed by atoms with Gasteiger partial charge in [-0.15, -0.1) is 0 Å². The van der Waals surface area contributed by atoms with Crippen LogP contribution in [0.1, 0.15) is 38.3 Å². The molecule has 27 heavy (non-hydrogen) atoms. The second-order valence-corrected chi connectivity index (χ2v) is 7.53. The third-order valence-corrected chi connectivity index (χ3v) is 5.54. The van der Waals surface area contributed by atoms with Gasteiger partial charge in [-0.3, -0.25) is 0 Å². The minimum absolute atomic E-state index is 0.360. The summed E-state index contributed by atoms with van der Waals surface area (Å²) in [5, 5.41) is 5.53. The Morgan fingerprint density at radius 2 is 1.93 bits per heavy atom. The number of nitrogens with one attached hydrogen (secondary N) is 1. The van der Waals surface area contributed by atoms with Crippen LogP contribution in [-0.4, -0.2) is 20.6 Å². The molecule has 1 atom stereocenters. The van der Waals surface area contributed by atoms with E-state index in [1.54, 1.807) is 0 Å². The number of anilines is 1. The van der Waals surface area contributed by atoms with Gasteiger partial charge >= 0.3 is 0 Å². The van der Waals surface area contributed by atoms with Gasteiger partial charge in [0.15, 0.2) is 5.11 Å². The lowest BCUT2D eigenvalue weighted by molar-refractivity contribution is 0.320. The fourth-order valence-corrected chi connectivity index (χ4v) is 3.82.